The molecule has 2 rings (SSSR count). The predicted molar refractivity (Wildman–Crippen MR) is 84.4 cm³/mol. The predicted octanol–water partition coefficient (Wildman–Crippen LogP) is -1.15. The van der Waals surface area contributed by atoms with Crippen LogP contribution in [-0.4, -0.2) is 65.3 Å². The molecule has 4 N–H and O–H groups in total. The van der Waals surface area contributed by atoms with Crippen LogP contribution in [0.4, 0.5) is 0 Å². The van der Waals surface area contributed by atoms with Crippen molar-refractivity contribution in [3.8, 4) is 0 Å². The first-order valence-electron chi connectivity index (χ1n) is 7.70. The van der Waals surface area contributed by atoms with Gasteiger partial charge in [0.05, 0.1) is 31.7 Å². The summed E-state index contributed by atoms with van der Waals surface area (Å²) in [5.41, 5.74) is 1.08. The SMILES string of the molecule is O=C(C[C@@H]1C(=O)NCCN1Cc1ccccc1)NC(CO)CO. The van der Waals surface area contributed by atoms with E-state index in [1.807, 2.05) is 35.2 Å². The van der Waals surface area contributed by atoms with Crippen molar-refractivity contribution >= 4 is 11.8 Å². The van der Waals surface area contributed by atoms with Crippen molar-refractivity contribution in [2.75, 3.05) is 26.3 Å². The number of hydrogen-bond donors (Lipinski definition) is 4. The van der Waals surface area contributed by atoms with Crippen LogP contribution in [0, 0.1) is 0 Å². The number of carbonyl (C=O) groups is 2. The summed E-state index contributed by atoms with van der Waals surface area (Å²) in [5.74, 6) is -0.537. The van der Waals surface area contributed by atoms with Gasteiger partial charge in [-0.3, -0.25) is 14.5 Å². The average molecular weight is 321 g/mol. The number of amides is 2. The molecular weight excluding hydrogens is 298 g/mol. The largest absolute Gasteiger partial charge is 0.394 e. The highest BCUT2D eigenvalue weighted by Crippen LogP contribution is 2.13. The number of aliphatic hydroxyl groups excluding tert-OH is 2. The van der Waals surface area contributed by atoms with Gasteiger partial charge in [0, 0.05) is 19.6 Å². The number of rotatable bonds is 7. The van der Waals surface area contributed by atoms with Gasteiger partial charge in [0.15, 0.2) is 0 Å². The fourth-order valence-electron chi connectivity index (χ4n) is 2.60. The quantitative estimate of drug-likeness (QED) is 0.508. The molecule has 2 amide bonds. The Kier molecular flexibility index (Phi) is 6.52. The maximum absolute atomic E-state index is 12.1. The molecule has 1 aromatic carbocycles. The van der Waals surface area contributed by atoms with Crippen molar-refractivity contribution in [2.45, 2.75) is 25.0 Å². The van der Waals surface area contributed by atoms with Gasteiger partial charge in [-0.25, -0.2) is 0 Å². The molecule has 1 fully saturated rings. The first kappa shape index (κ1) is 17.4. The Labute approximate surface area is 135 Å². The molecule has 0 radical (unpaired) electrons. The van der Waals surface area contributed by atoms with Crippen molar-refractivity contribution in [3.05, 3.63) is 35.9 Å². The summed E-state index contributed by atoms with van der Waals surface area (Å²) in [6, 6.07) is 8.52. The van der Waals surface area contributed by atoms with E-state index in [1.54, 1.807) is 0 Å². The highest BCUT2D eigenvalue weighted by atomic mass is 16.3. The van der Waals surface area contributed by atoms with E-state index in [0.29, 0.717) is 19.6 Å². The van der Waals surface area contributed by atoms with E-state index in [0.717, 1.165) is 5.56 Å². The molecule has 0 spiro atoms. The summed E-state index contributed by atoms with van der Waals surface area (Å²) in [6.45, 7) is 1.14. The van der Waals surface area contributed by atoms with Crippen molar-refractivity contribution in [2.24, 2.45) is 0 Å². The molecule has 1 atom stereocenters. The summed E-state index contributed by atoms with van der Waals surface area (Å²) >= 11 is 0. The number of nitrogens with zero attached hydrogens (tertiary/aromatic N) is 1. The summed E-state index contributed by atoms with van der Waals surface area (Å²) in [6.07, 6.45) is -0.00479. The summed E-state index contributed by atoms with van der Waals surface area (Å²) in [5, 5.41) is 23.3. The summed E-state index contributed by atoms with van der Waals surface area (Å²) in [4.78, 5) is 26.1. The van der Waals surface area contributed by atoms with Gasteiger partial charge in [-0.2, -0.15) is 0 Å². The van der Waals surface area contributed by atoms with Crippen LogP contribution >= 0.6 is 0 Å². The number of carbonyl (C=O) groups excluding carboxylic acids is 2. The Balaban J connectivity index is 2.00. The summed E-state index contributed by atoms with van der Waals surface area (Å²) in [7, 11) is 0. The van der Waals surface area contributed by atoms with Gasteiger partial charge in [0.2, 0.25) is 11.8 Å². The molecule has 1 aliphatic rings. The molecular formula is C16H23N3O4. The lowest BCUT2D eigenvalue weighted by Crippen LogP contribution is -2.56. The fourth-order valence-corrected chi connectivity index (χ4v) is 2.60. The van der Waals surface area contributed by atoms with Gasteiger partial charge >= 0.3 is 0 Å². The number of nitrogens with one attached hydrogen (secondary N) is 2. The van der Waals surface area contributed by atoms with Gasteiger partial charge in [-0.15, -0.1) is 0 Å². The molecule has 0 saturated carbocycles. The molecule has 1 saturated heterocycles. The third-order valence-electron chi connectivity index (χ3n) is 3.85. The Bertz CT molecular complexity index is 519. The van der Waals surface area contributed by atoms with Gasteiger partial charge in [-0.05, 0) is 5.56 Å². The van der Waals surface area contributed by atoms with E-state index >= 15 is 0 Å². The van der Waals surface area contributed by atoms with E-state index < -0.39 is 12.1 Å². The zero-order valence-corrected chi connectivity index (χ0v) is 12.9. The minimum absolute atomic E-state index is 0.00479. The number of piperazine rings is 1. The van der Waals surface area contributed by atoms with Crippen LogP contribution in [-0.2, 0) is 16.1 Å². The Morgan fingerprint density at radius 1 is 1.30 bits per heavy atom. The van der Waals surface area contributed by atoms with Crippen molar-refractivity contribution in [1.29, 1.82) is 0 Å². The molecule has 0 aromatic heterocycles. The lowest BCUT2D eigenvalue weighted by molar-refractivity contribution is -0.134. The number of hydrogen-bond acceptors (Lipinski definition) is 5. The monoisotopic (exact) mass is 321 g/mol. The molecule has 7 nitrogen and oxygen atoms in total. The highest BCUT2D eigenvalue weighted by molar-refractivity contribution is 5.88. The van der Waals surface area contributed by atoms with Crippen LogP contribution in [0.3, 0.4) is 0 Å². The molecule has 0 unspecified atom stereocenters. The van der Waals surface area contributed by atoms with Gasteiger partial charge in [-0.1, -0.05) is 30.3 Å². The fraction of sp³-hybridized carbons (Fsp3) is 0.500. The van der Waals surface area contributed by atoms with Crippen LogP contribution in [0.15, 0.2) is 30.3 Å². The normalized spacial score (nSPS) is 18.7. The zero-order valence-electron chi connectivity index (χ0n) is 12.9. The Morgan fingerprint density at radius 2 is 2.00 bits per heavy atom. The molecule has 7 heteroatoms. The third-order valence-corrected chi connectivity index (χ3v) is 3.85. The van der Waals surface area contributed by atoms with E-state index in [9.17, 15) is 9.59 Å². The van der Waals surface area contributed by atoms with E-state index in [1.165, 1.54) is 0 Å². The lowest BCUT2D eigenvalue weighted by atomic mass is 10.1. The molecule has 1 aliphatic heterocycles. The van der Waals surface area contributed by atoms with Gasteiger partial charge in [0.1, 0.15) is 0 Å². The minimum Gasteiger partial charge on any atom is -0.394 e. The average Bonchev–Trinajstić information content (AvgIpc) is 2.57. The van der Waals surface area contributed by atoms with Crippen molar-refractivity contribution in [3.63, 3.8) is 0 Å². The minimum atomic E-state index is -0.697. The van der Waals surface area contributed by atoms with Crippen LogP contribution in [0.2, 0.25) is 0 Å². The first-order chi connectivity index (χ1) is 11.1. The molecule has 0 aliphatic carbocycles. The van der Waals surface area contributed by atoms with E-state index in [-0.39, 0.29) is 31.4 Å². The molecule has 1 aromatic rings. The van der Waals surface area contributed by atoms with Crippen LogP contribution in [0.25, 0.3) is 0 Å². The topological polar surface area (TPSA) is 102 Å². The van der Waals surface area contributed by atoms with Crippen LogP contribution in [0.1, 0.15) is 12.0 Å². The van der Waals surface area contributed by atoms with Crippen LogP contribution < -0.4 is 10.6 Å². The second-order valence-electron chi connectivity index (χ2n) is 5.60. The van der Waals surface area contributed by atoms with Crippen LogP contribution in [0.5, 0.6) is 0 Å². The number of aliphatic hydroxyl groups is 2. The maximum atomic E-state index is 12.1. The standard InChI is InChI=1S/C16H23N3O4/c20-10-13(11-21)18-15(22)8-14-16(23)17-6-7-19(14)9-12-4-2-1-3-5-12/h1-5,13-14,20-21H,6-11H2,(H,17,23)(H,18,22)/t14-/m1/s1. The van der Waals surface area contributed by atoms with Gasteiger partial charge < -0.3 is 20.8 Å². The second kappa shape index (κ2) is 8.61. The lowest BCUT2D eigenvalue weighted by Gasteiger charge is -2.34. The van der Waals surface area contributed by atoms with E-state index in [4.69, 9.17) is 10.2 Å². The van der Waals surface area contributed by atoms with Crippen molar-refractivity contribution < 1.29 is 19.8 Å². The third kappa shape index (κ3) is 5.02. The van der Waals surface area contributed by atoms with Crippen molar-refractivity contribution in [1.82, 2.24) is 15.5 Å². The number of benzene rings is 1. The summed E-state index contributed by atoms with van der Waals surface area (Å²) < 4.78 is 0. The second-order valence-corrected chi connectivity index (χ2v) is 5.60. The van der Waals surface area contributed by atoms with E-state index in [2.05, 4.69) is 10.6 Å². The highest BCUT2D eigenvalue weighted by Gasteiger charge is 2.31. The molecule has 126 valence electrons. The molecule has 1 heterocycles. The maximum Gasteiger partial charge on any atom is 0.237 e. The first-order valence-corrected chi connectivity index (χ1v) is 7.70. The Morgan fingerprint density at radius 3 is 2.65 bits per heavy atom. The Hall–Kier alpha value is -1.96. The molecule has 23 heavy (non-hydrogen) atoms. The smallest absolute Gasteiger partial charge is 0.237 e. The zero-order chi connectivity index (χ0) is 16.7. The van der Waals surface area contributed by atoms with Gasteiger partial charge in [0.25, 0.3) is 0 Å². The molecule has 0 bridgehead atoms.